The third-order valence-corrected chi connectivity index (χ3v) is 3.11. The first-order valence-electron chi connectivity index (χ1n) is 5.59. The van der Waals surface area contributed by atoms with Gasteiger partial charge in [-0.2, -0.15) is 0 Å². The van der Waals surface area contributed by atoms with E-state index in [9.17, 15) is 0 Å². The molecule has 0 heteroatoms. The SMILES string of the molecule is Cc1ccc2c(C)c(C(C)C)ccc2c1. The number of benzene rings is 2. The molecule has 78 valence electrons. The summed E-state index contributed by atoms with van der Waals surface area (Å²) in [6.07, 6.45) is 0. The van der Waals surface area contributed by atoms with E-state index in [1.54, 1.807) is 0 Å². The maximum atomic E-state index is 2.27. The second kappa shape index (κ2) is 3.69. The summed E-state index contributed by atoms with van der Waals surface area (Å²) in [5, 5.41) is 2.75. The molecular weight excluding hydrogens is 180 g/mol. The number of aryl methyl sites for hydroxylation is 2. The van der Waals surface area contributed by atoms with Gasteiger partial charge in [0, 0.05) is 0 Å². The zero-order valence-corrected chi connectivity index (χ0v) is 9.96. The van der Waals surface area contributed by atoms with Gasteiger partial charge in [-0.1, -0.05) is 49.7 Å². The lowest BCUT2D eigenvalue weighted by molar-refractivity contribution is 0.859. The van der Waals surface area contributed by atoms with Gasteiger partial charge in [0.15, 0.2) is 0 Å². The van der Waals surface area contributed by atoms with Crippen molar-refractivity contribution in [2.45, 2.75) is 33.6 Å². The lowest BCUT2D eigenvalue weighted by Gasteiger charge is -2.12. The molecule has 0 aliphatic heterocycles. The van der Waals surface area contributed by atoms with Gasteiger partial charge in [0.05, 0.1) is 0 Å². The van der Waals surface area contributed by atoms with E-state index < -0.39 is 0 Å². The molecule has 0 N–H and O–H groups in total. The van der Waals surface area contributed by atoms with Gasteiger partial charge in [-0.05, 0) is 41.7 Å². The van der Waals surface area contributed by atoms with Crippen molar-refractivity contribution < 1.29 is 0 Å². The summed E-state index contributed by atoms with van der Waals surface area (Å²) in [6, 6.07) is 11.2. The Balaban J connectivity index is 2.74. The van der Waals surface area contributed by atoms with Gasteiger partial charge in [-0.25, -0.2) is 0 Å². The fourth-order valence-corrected chi connectivity index (χ4v) is 2.25. The predicted molar refractivity (Wildman–Crippen MR) is 67.5 cm³/mol. The van der Waals surface area contributed by atoms with Crippen LogP contribution in [0.5, 0.6) is 0 Å². The molecule has 0 aliphatic rings. The second-order valence-electron chi connectivity index (χ2n) is 4.66. The van der Waals surface area contributed by atoms with E-state index in [0.29, 0.717) is 5.92 Å². The monoisotopic (exact) mass is 198 g/mol. The van der Waals surface area contributed by atoms with Gasteiger partial charge >= 0.3 is 0 Å². The summed E-state index contributed by atoms with van der Waals surface area (Å²) in [5.74, 6) is 0.607. The van der Waals surface area contributed by atoms with Crippen molar-refractivity contribution in [2.24, 2.45) is 0 Å². The summed E-state index contributed by atoms with van der Waals surface area (Å²) in [7, 11) is 0. The van der Waals surface area contributed by atoms with Crippen molar-refractivity contribution in [3.8, 4) is 0 Å². The van der Waals surface area contributed by atoms with E-state index in [-0.39, 0.29) is 0 Å². The maximum Gasteiger partial charge on any atom is -0.0152 e. The maximum absolute atomic E-state index is 2.27. The van der Waals surface area contributed by atoms with E-state index in [1.807, 2.05) is 0 Å². The zero-order valence-electron chi connectivity index (χ0n) is 9.96. The van der Waals surface area contributed by atoms with E-state index in [1.165, 1.54) is 27.5 Å². The van der Waals surface area contributed by atoms with Gasteiger partial charge in [0.25, 0.3) is 0 Å². The third-order valence-electron chi connectivity index (χ3n) is 3.11. The van der Waals surface area contributed by atoms with E-state index in [4.69, 9.17) is 0 Å². The van der Waals surface area contributed by atoms with Gasteiger partial charge in [-0.15, -0.1) is 0 Å². The fraction of sp³-hybridized carbons (Fsp3) is 0.333. The molecule has 0 amide bonds. The normalized spacial score (nSPS) is 11.3. The molecule has 0 atom stereocenters. The largest absolute Gasteiger partial charge is 0.0587 e. The number of hydrogen-bond acceptors (Lipinski definition) is 0. The molecule has 0 saturated heterocycles. The molecule has 2 aromatic carbocycles. The third kappa shape index (κ3) is 1.77. The van der Waals surface area contributed by atoms with Crippen LogP contribution in [0.25, 0.3) is 10.8 Å². The first-order chi connectivity index (χ1) is 7.09. The minimum Gasteiger partial charge on any atom is -0.0587 e. The van der Waals surface area contributed by atoms with Crippen LogP contribution in [0.2, 0.25) is 0 Å². The molecule has 2 rings (SSSR count). The van der Waals surface area contributed by atoms with Gasteiger partial charge in [0.1, 0.15) is 0 Å². The van der Waals surface area contributed by atoms with Crippen molar-refractivity contribution in [3.05, 3.63) is 47.0 Å². The molecule has 2 aromatic rings. The van der Waals surface area contributed by atoms with Crippen LogP contribution in [0.1, 0.15) is 36.5 Å². The van der Waals surface area contributed by atoms with Crippen LogP contribution in [0.4, 0.5) is 0 Å². The second-order valence-corrected chi connectivity index (χ2v) is 4.66. The Bertz CT molecular complexity index is 493. The highest BCUT2D eigenvalue weighted by Crippen LogP contribution is 2.27. The Kier molecular flexibility index (Phi) is 2.52. The van der Waals surface area contributed by atoms with E-state index in [0.717, 1.165) is 0 Å². The van der Waals surface area contributed by atoms with Gasteiger partial charge in [-0.3, -0.25) is 0 Å². The smallest absolute Gasteiger partial charge is 0.0152 e. The highest BCUT2D eigenvalue weighted by molar-refractivity contribution is 5.87. The molecule has 0 bridgehead atoms. The van der Waals surface area contributed by atoms with Crippen LogP contribution in [0.3, 0.4) is 0 Å². The minimum atomic E-state index is 0.607. The number of fused-ring (bicyclic) bond motifs is 1. The van der Waals surface area contributed by atoms with E-state index >= 15 is 0 Å². The van der Waals surface area contributed by atoms with Crippen molar-refractivity contribution in [3.63, 3.8) is 0 Å². The lowest BCUT2D eigenvalue weighted by Crippen LogP contribution is -1.92. The summed E-state index contributed by atoms with van der Waals surface area (Å²) >= 11 is 0. The summed E-state index contributed by atoms with van der Waals surface area (Å²) < 4.78 is 0. The summed E-state index contributed by atoms with van der Waals surface area (Å²) in [6.45, 7) is 8.88. The van der Waals surface area contributed by atoms with Crippen LogP contribution >= 0.6 is 0 Å². The standard InChI is InChI=1S/C15H18/c1-10(2)14-8-6-13-9-11(3)5-7-15(13)12(14)4/h5-10H,1-4H3. The topological polar surface area (TPSA) is 0 Å². The van der Waals surface area contributed by atoms with Crippen molar-refractivity contribution in [1.82, 2.24) is 0 Å². The van der Waals surface area contributed by atoms with Crippen LogP contribution < -0.4 is 0 Å². The van der Waals surface area contributed by atoms with Crippen molar-refractivity contribution in [2.75, 3.05) is 0 Å². The molecular formula is C15H18. The minimum absolute atomic E-state index is 0.607. The van der Waals surface area contributed by atoms with Crippen LogP contribution in [-0.2, 0) is 0 Å². The Morgan fingerprint density at radius 1 is 0.933 bits per heavy atom. The van der Waals surface area contributed by atoms with Crippen LogP contribution in [0.15, 0.2) is 30.3 Å². The first-order valence-corrected chi connectivity index (χ1v) is 5.59. The molecule has 0 radical (unpaired) electrons. The highest BCUT2D eigenvalue weighted by atomic mass is 14.1. The molecule has 0 aliphatic carbocycles. The molecule has 0 heterocycles. The Morgan fingerprint density at radius 3 is 2.33 bits per heavy atom. The quantitative estimate of drug-likeness (QED) is 0.629. The van der Waals surface area contributed by atoms with Gasteiger partial charge in [0.2, 0.25) is 0 Å². The van der Waals surface area contributed by atoms with Gasteiger partial charge < -0.3 is 0 Å². The highest BCUT2D eigenvalue weighted by Gasteiger charge is 2.06. The molecule has 0 spiro atoms. The lowest BCUT2D eigenvalue weighted by atomic mass is 9.93. The predicted octanol–water partition coefficient (Wildman–Crippen LogP) is 4.58. The Hall–Kier alpha value is -1.30. The number of hydrogen-bond donors (Lipinski definition) is 0. The molecule has 0 nitrogen and oxygen atoms in total. The average Bonchev–Trinajstić information content (AvgIpc) is 2.17. The molecule has 0 unspecified atom stereocenters. The molecule has 0 fully saturated rings. The number of rotatable bonds is 1. The molecule has 0 saturated carbocycles. The van der Waals surface area contributed by atoms with Crippen molar-refractivity contribution >= 4 is 10.8 Å². The fourth-order valence-electron chi connectivity index (χ4n) is 2.25. The molecule has 15 heavy (non-hydrogen) atoms. The Labute approximate surface area is 91.9 Å². The summed E-state index contributed by atoms with van der Waals surface area (Å²) in [4.78, 5) is 0. The van der Waals surface area contributed by atoms with Crippen LogP contribution in [0, 0.1) is 13.8 Å². The average molecular weight is 198 g/mol. The van der Waals surface area contributed by atoms with Crippen molar-refractivity contribution in [1.29, 1.82) is 0 Å². The molecule has 0 aromatic heterocycles. The zero-order chi connectivity index (χ0) is 11.0. The van der Waals surface area contributed by atoms with E-state index in [2.05, 4.69) is 58.0 Å². The first kappa shape index (κ1) is 10.2. The Morgan fingerprint density at radius 2 is 1.67 bits per heavy atom. The van der Waals surface area contributed by atoms with Crippen LogP contribution in [-0.4, -0.2) is 0 Å². The summed E-state index contributed by atoms with van der Waals surface area (Å²) in [5.41, 5.74) is 4.23.